The molecule has 108 valence electrons. The number of hydrogen-bond acceptors (Lipinski definition) is 1. The smallest absolute Gasteiger partial charge is 0.0822 e. The molecule has 0 saturated heterocycles. The average Bonchev–Trinajstić information content (AvgIpc) is 2.78. The van der Waals surface area contributed by atoms with E-state index in [2.05, 4.69) is 4.98 Å². The summed E-state index contributed by atoms with van der Waals surface area (Å²) in [4.78, 5) is 5.10. The molecule has 0 radical (unpaired) electrons. The SMILES string of the molecule is Cc1c(-c2ccnc3cc(Cl)ccc23)c2ccccc2n1F. The van der Waals surface area contributed by atoms with E-state index in [-0.39, 0.29) is 0 Å². The highest BCUT2D eigenvalue weighted by atomic mass is 35.5. The molecule has 0 aliphatic rings. The predicted molar refractivity (Wildman–Crippen MR) is 88.9 cm³/mol. The van der Waals surface area contributed by atoms with Gasteiger partial charge in [-0.25, -0.2) is 0 Å². The van der Waals surface area contributed by atoms with E-state index in [1.54, 1.807) is 19.2 Å². The summed E-state index contributed by atoms with van der Waals surface area (Å²) in [5.41, 5.74) is 3.83. The standard InChI is InChI=1S/C18H12ClFN2/c1-11-18(15-4-2-3-5-17(15)22(11)20)14-8-9-21-16-10-12(19)6-7-13(14)16/h2-10H,1H3. The second-order valence-electron chi connectivity index (χ2n) is 5.28. The number of fused-ring (bicyclic) bond motifs is 2. The third-order valence-electron chi connectivity index (χ3n) is 4.02. The molecule has 0 spiro atoms. The first-order chi connectivity index (χ1) is 10.7. The van der Waals surface area contributed by atoms with Gasteiger partial charge in [-0.3, -0.25) is 4.98 Å². The quantitative estimate of drug-likeness (QED) is 0.450. The maximum Gasteiger partial charge on any atom is 0.0822 e. The lowest BCUT2D eigenvalue weighted by Crippen LogP contribution is -1.88. The van der Waals surface area contributed by atoms with Crippen LogP contribution in [0.25, 0.3) is 32.9 Å². The van der Waals surface area contributed by atoms with Gasteiger partial charge in [-0.05, 0) is 36.8 Å². The summed E-state index contributed by atoms with van der Waals surface area (Å²) in [7, 11) is 0. The van der Waals surface area contributed by atoms with Crippen molar-refractivity contribution in [3.63, 3.8) is 0 Å². The van der Waals surface area contributed by atoms with Gasteiger partial charge in [0.1, 0.15) is 0 Å². The molecule has 22 heavy (non-hydrogen) atoms. The highest BCUT2D eigenvalue weighted by molar-refractivity contribution is 6.31. The van der Waals surface area contributed by atoms with Crippen molar-refractivity contribution in [2.45, 2.75) is 6.92 Å². The third kappa shape index (κ3) is 1.82. The molecule has 0 unspecified atom stereocenters. The van der Waals surface area contributed by atoms with E-state index in [4.69, 9.17) is 11.6 Å². The van der Waals surface area contributed by atoms with E-state index in [1.807, 2.05) is 42.5 Å². The molecule has 0 aliphatic carbocycles. The van der Waals surface area contributed by atoms with E-state index >= 15 is 0 Å². The Bertz CT molecular complexity index is 1020. The first-order valence-corrected chi connectivity index (χ1v) is 7.35. The van der Waals surface area contributed by atoms with Crippen molar-refractivity contribution < 1.29 is 4.48 Å². The van der Waals surface area contributed by atoms with Crippen molar-refractivity contribution in [2.75, 3.05) is 0 Å². The van der Waals surface area contributed by atoms with E-state index < -0.39 is 0 Å². The van der Waals surface area contributed by atoms with Crippen LogP contribution < -0.4 is 0 Å². The van der Waals surface area contributed by atoms with Gasteiger partial charge in [-0.15, -0.1) is 0 Å². The number of hydrogen-bond donors (Lipinski definition) is 0. The predicted octanol–water partition coefficient (Wildman–Crippen LogP) is 5.55. The summed E-state index contributed by atoms with van der Waals surface area (Å²) in [5, 5.41) is 2.50. The first kappa shape index (κ1) is 13.3. The molecule has 0 atom stereocenters. The summed E-state index contributed by atoms with van der Waals surface area (Å²) in [6.45, 7) is 1.79. The van der Waals surface area contributed by atoms with E-state index in [1.165, 1.54) is 0 Å². The minimum atomic E-state index is 0.578. The Morgan fingerprint density at radius 3 is 2.73 bits per heavy atom. The van der Waals surface area contributed by atoms with Gasteiger partial charge in [0, 0.05) is 27.6 Å². The van der Waals surface area contributed by atoms with Crippen LogP contribution >= 0.6 is 11.6 Å². The number of halogens is 2. The molecule has 2 aromatic heterocycles. The summed E-state index contributed by atoms with van der Waals surface area (Å²) in [5.74, 6) is 0. The number of benzene rings is 2. The number of rotatable bonds is 1. The largest absolute Gasteiger partial charge is 0.256 e. The molecule has 0 amide bonds. The maximum absolute atomic E-state index is 14.4. The van der Waals surface area contributed by atoms with Crippen molar-refractivity contribution in [1.29, 1.82) is 0 Å². The fourth-order valence-electron chi connectivity index (χ4n) is 3.01. The molecular weight excluding hydrogens is 299 g/mol. The second kappa shape index (κ2) is 4.82. The molecule has 0 aliphatic heterocycles. The third-order valence-corrected chi connectivity index (χ3v) is 4.25. The van der Waals surface area contributed by atoms with Crippen LogP contribution in [-0.4, -0.2) is 9.77 Å². The lowest BCUT2D eigenvalue weighted by molar-refractivity contribution is 0.378. The lowest BCUT2D eigenvalue weighted by Gasteiger charge is -2.07. The Kier molecular flexibility index (Phi) is 2.91. The zero-order chi connectivity index (χ0) is 15.3. The van der Waals surface area contributed by atoms with Crippen LogP contribution in [0.1, 0.15) is 5.69 Å². The molecule has 0 fully saturated rings. The molecular formula is C18H12ClFN2. The van der Waals surface area contributed by atoms with Crippen LogP contribution in [0.15, 0.2) is 54.7 Å². The van der Waals surface area contributed by atoms with Crippen LogP contribution in [-0.2, 0) is 0 Å². The van der Waals surface area contributed by atoms with Gasteiger partial charge in [0.25, 0.3) is 0 Å². The van der Waals surface area contributed by atoms with Gasteiger partial charge in [0.05, 0.1) is 16.7 Å². The van der Waals surface area contributed by atoms with Crippen molar-refractivity contribution in [3.05, 3.63) is 65.4 Å². The van der Waals surface area contributed by atoms with Crippen LogP contribution in [0.3, 0.4) is 0 Å². The van der Waals surface area contributed by atoms with Gasteiger partial charge >= 0.3 is 0 Å². The Hall–Kier alpha value is -2.39. The fraction of sp³-hybridized carbons (Fsp3) is 0.0556. The lowest BCUT2D eigenvalue weighted by atomic mass is 9.99. The molecule has 4 aromatic rings. The van der Waals surface area contributed by atoms with Crippen molar-refractivity contribution >= 4 is 33.4 Å². The monoisotopic (exact) mass is 310 g/mol. The molecule has 2 nitrogen and oxygen atoms in total. The van der Waals surface area contributed by atoms with E-state index in [9.17, 15) is 4.48 Å². The van der Waals surface area contributed by atoms with Gasteiger partial charge in [0.15, 0.2) is 0 Å². The van der Waals surface area contributed by atoms with E-state index in [0.717, 1.165) is 32.2 Å². The van der Waals surface area contributed by atoms with Gasteiger partial charge in [-0.1, -0.05) is 40.3 Å². The summed E-state index contributed by atoms with van der Waals surface area (Å²) in [6, 6.07) is 15.0. The number of nitrogens with zero attached hydrogens (tertiary/aromatic N) is 2. The highest BCUT2D eigenvalue weighted by Gasteiger charge is 2.17. The Morgan fingerprint density at radius 1 is 1.05 bits per heavy atom. The van der Waals surface area contributed by atoms with Gasteiger partial charge in [0.2, 0.25) is 0 Å². The Balaban J connectivity index is 2.14. The second-order valence-corrected chi connectivity index (χ2v) is 5.71. The summed E-state index contributed by atoms with van der Waals surface area (Å²) >= 11 is 6.04. The number of para-hydroxylation sites is 1. The van der Waals surface area contributed by atoms with Gasteiger partial charge < -0.3 is 0 Å². The minimum Gasteiger partial charge on any atom is -0.256 e. The van der Waals surface area contributed by atoms with Crippen LogP contribution in [0.4, 0.5) is 4.48 Å². The molecule has 2 heterocycles. The van der Waals surface area contributed by atoms with Crippen LogP contribution in [0.2, 0.25) is 5.02 Å². The topological polar surface area (TPSA) is 17.8 Å². The Labute approximate surface area is 131 Å². The fourth-order valence-corrected chi connectivity index (χ4v) is 3.18. The molecule has 2 aromatic carbocycles. The Morgan fingerprint density at radius 2 is 1.86 bits per heavy atom. The maximum atomic E-state index is 14.4. The van der Waals surface area contributed by atoms with Crippen LogP contribution in [0, 0.1) is 6.92 Å². The van der Waals surface area contributed by atoms with Crippen molar-refractivity contribution in [1.82, 2.24) is 9.77 Å². The zero-order valence-corrected chi connectivity index (χ0v) is 12.6. The first-order valence-electron chi connectivity index (χ1n) is 6.97. The number of aromatic nitrogens is 2. The van der Waals surface area contributed by atoms with Crippen molar-refractivity contribution in [2.24, 2.45) is 0 Å². The molecule has 0 saturated carbocycles. The summed E-state index contributed by atoms with van der Waals surface area (Å²) in [6.07, 6.45) is 1.73. The van der Waals surface area contributed by atoms with Crippen molar-refractivity contribution in [3.8, 4) is 11.1 Å². The molecule has 0 N–H and O–H groups in total. The number of pyridine rings is 1. The van der Waals surface area contributed by atoms with Gasteiger partial charge in [-0.2, -0.15) is 4.79 Å². The normalized spacial score (nSPS) is 11.4. The molecule has 0 bridgehead atoms. The highest BCUT2D eigenvalue weighted by Crippen LogP contribution is 2.38. The molecule has 4 rings (SSSR count). The molecule has 4 heteroatoms. The average molecular weight is 311 g/mol. The minimum absolute atomic E-state index is 0.578. The van der Waals surface area contributed by atoms with Crippen LogP contribution in [0.5, 0.6) is 0 Å². The van der Waals surface area contributed by atoms with E-state index in [0.29, 0.717) is 16.2 Å². The summed E-state index contributed by atoms with van der Waals surface area (Å²) < 4.78 is 14.4. The zero-order valence-electron chi connectivity index (χ0n) is 11.8.